The summed E-state index contributed by atoms with van der Waals surface area (Å²) < 4.78 is 12.7. The number of aryl methyl sites for hydroxylation is 1. The molecule has 1 N–H and O–H groups in total. The molecule has 6 nitrogen and oxygen atoms in total. The number of unbranched alkanes of at least 4 members (excludes halogenated alkanes) is 1. The van der Waals surface area contributed by atoms with Gasteiger partial charge in [0.1, 0.15) is 23.1 Å². The lowest BCUT2D eigenvalue weighted by Crippen LogP contribution is -2.14. The summed E-state index contributed by atoms with van der Waals surface area (Å²) in [5.74, 6) is 0.573. The molecule has 3 rings (SSSR count). The van der Waals surface area contributed by atoms with Crippen LogP contribution in [0, 0.1) is 11.3 Å². The third-order valence-electron chi connectivity index (χ3n) is 4.89. The Bertz CT molecular complexity index is 1120. The van der Waals surface area contributed by atoms with Crippen molar-refractivity contribution < 1.29 is 14.3 Å². The number of aromatic nitrogens is 1. The molecule has 1 aromatic heterocycles. The molecular formula is C24H25N3O3. The van der Waals surface area contributed by atoms with E-state index in [1.807, 2.05) is 30.5 Å². The lowest BCUT2D eigenvalue weighted by molar-refractivity contribution is -0.112. The smallest absolute Gasteiger partial charge is 0.266 e. The minimum absolute atomic E-state index is 0.0197. The number of nitrogens with one attached hydrogen (secondary N) is 1. The molecule has 0 radical (unpaired) electrons. The second-order valence-electron chi connectivity index (χ2n) is 6.84. The summed E-state index contributed by atoms with van der Waals surface area (Å²) in [5.41, 5.74) is 2.42. The van der Waals surface area contributed by atoms with E-state index < -0.39 is 5.91 Å². The Balaban J connectivity index is 1.93. The summed E-state index contributed by atoms with van der Waals surface area (Å²) in [6.07, 6.45) is 5.78. The highest BCUT2D eigenvalue weighted by atomic mass is 16.5. The quantitative estimate of drug-likeness (QED) is 0.424. The van der Waals surface area contributed by atoms with Crippen molar-refractivity contribution in [2.45, 2.75) is 26.3 Å². The first kappa shape index (κ1) is 21.0. The summed E-state index contributed by atoms with van der Waals surface area (Å²) in [4.78, 5) is 12.8. The standard InChI is InChI=1S/C24H25N3O3/c1-4-5-12-27-16-18(20-8-6-7-9-22(20)27)13-17(15-25)24(28)26-21-11-10-19(29-2)14-23(21)30-3/h6-11,13-14,16H,4-5,12H2,1-3H3,(H,26,28). The average Bonchev–Trinajstić information content (AvgIpc) is 3.13. The molecule has 0 bridgehead atoms. The number of methoxy groups -OCH3 is 2. The summed E-state index contributed by atoms with van der Waals surface area (Å²) in [6, 6.07) is 15.1. The van der Waals surface area contributed by atoms with Gasteiger partial charge in [-0.15, -0.1) is 0 Å². The van der Waals surface area contributed by atoms with Crippen molar-refractivity contribution in [3.05, 3.63) is 59.8 Å². The Morgan fingerprint density at radius 3 is 2.70 bits per heavy atom. The van der Waals surface area contributed by atoms with Gasteiger partial charge in [0, 0.05) is 35.3 Å². The predicted octanol–water partition coefficient (Wildman–Crippen LogP) is 5.00. The molecule has 0 saturated carbocycles. The Hall–Kier alpha value is -3.72. The van der Waals surface area contributed by atoms with E-state index in [1.165, 1.54) is 7.11 Å². The van der Waals surface area contributed by atoms with Gasteiger partial charge in [0.15, 0.2) is 0 Å². The number of benzene rings is 2. The van der Waals surface area contributed by atoms with E-state index in [9.17, 15) is 10.1 Å². The van der Waals surface area contributed by atoms with Crippen LogP contribution in [-0.2, 0) is 11.3 Å². The van der Waals surface area contributed by atoms with Crippen LogP contribution in [0.3, 0.4) is 0 Å². The molecule has 154 valence electrons. The molecule has 1 heterocycles. The van der Waals surface area contributed by atoms with Crippen molar-refractivity contribution in [2.75, 3.05) is 19.5 Å². The zero-order chi connectivity index (χ0) is 21.5. The molecule has 0 aliphatic heterocycles. The molecule has 30 heavy (non-hydrogen) atoms. The molecular weight excluding hydrogens is 378 g/mol. The summed E-state index contributed by atoms with van der Waals surface area (Å²) in [5, 5.41) is 13.4. The number of hydrogen-bond donors (Lipinski definition) is 1. The van der Waals surface area contributed by atoms with Crippen molar-refractivity contribution in [1.82, 2.24) is 4.57 Å². The van der Waals surface area contributed by atoms with Crippen molar-refractivity contribution in [1.29, 1.82) is 5.26 Å². The van der Waals surface area contributed by atoms with Gasteiger partial charge in [0.2, 0.25) is 0 Å². The van der Waals surface area contributed by atoms with E-state index in [0.29, 0.717) is 17.2 Å². The highest BCUT2D eigenvalue weighted by Gasteiger charge is 2.15. The maximum Gasteiger partial charge on any atom is 0.266 e. The summed E-state index contributed by atoms with van der Waals surface area (Å²) in [7, 11) is 3.07. The van der Waals surface area contributed by atoms with Gasteiger partial charge in [-0.25, -0.2) is 0 Å². The lowest BCUT2D eigenvalue weighted by Gasteiger charge is -2.11. The zero-order valence-electron chi connectivity index (χ0n) is 17.4. The molecule has 2 aromatic carbocycles. The van der Waals surface area contributed by atoms with Gasteiger partial charge in [0.05, 0.1) is 19.9 Å². The summed E-state index contributed by atoms with van der Waals surface area (Å²) in [6.45, 7) is 3.04. The number of nitrogens with zero attached hydrogens (tertiary/aromatic N) is 2. The Morgan fingerprint density at radius 2 is 2.00 bits per heavy atom. The van der Waals surface area contributed by atoms with Crippen LogP contribution in [0.5, 0.6) is 11.5 Å². The Labute approximate surface area is 176 Å². The van der Waals surface area contributed by atoms with Crippen molar-refractivity contribution in [3.8, 4) is 17.6 Å². The first-order valence-electron chi connectivity index (χ1n) is 9.84. The normalized spacial score (nSPS) is 11.2. The van der Waals surface area contributed by atoms with Gasteiger partial charge in [-0.05, 0) is 30.7 Å². The number of carbonyl (C=O) groups excluding carboxylic acids is 1. The van der Waals surface area contributed by atoms with Crippen molar-refractivity contribution >= 4 is 28.6 Å². The molecule has 3 aromatic rings. The number of rotatable bonds is 8. The second kappa shape index (κ2) is 9.66. The molecule has 0 atom stereocenters. The average molecular weight is 403 g/mol. The van der Waals surface area contributed by atoms with Gasteiger partial charge >= 0.3 is 0 Å². The lowest BCUT2D eigenvalue weighted by atomic mass is 10.1. The van der Waals surface area contributed by atoms with Crippen LogP contribution >= 0.6 is 0 Å². The van der Waals surface area contributed by atoms with E-state index in [4.69, 9.17) is 9.47 Å². The fourth-order valence-corrected chi connectivity index (χ4v) is 3.30. The van der Waals surface area contributed by atoms with E-state index in [1.54, 1.807) is 31.4 Å². The van der Waals surface area contributed by atoms with Gasteiger partial charge in [-0.2, -0.15) is 5.26 Å². The maximum atomic E-state index is 12.8. The van der Waals surface area contributed by atoms with Crippen LogP contribution in [0.2, 0.25) is 0 Å². The van der Waals surface area contributed by atoms with Crippen LogP contribution in [0.15, 0.2) is 54.2 Å². The topological polar surface area (TPSA) is 76.3 Å². The first-order valence-corrected chi connectivity index (χ1v) is 9.84. The van der Waals surface area contributed by atoms with E-state index in [2.05, 4.69) is 22.9 Å². The molecule has 0 spiro atoms. The third kappa shape index (κ3) is 4.47. The van der Waals surface area contributed by atoms with Gasteiger partial charge in [-0.1, -0.05) is 31.5 Å². The predicted molar refractivity (Wildman–Crippen MR) is 119 cm³/mol. The fraction of sp³-hybridized carbons (Fsp3) is 0.250. The number of amides is 1. The molecule has 1 amide bonds. The van der Waals surface area contributed by atoms with Crippen LogP contribution in [-0.4, -0.2) is 24.7 Å². The number of hydrogen-bond acceptors (Lipinski definition) is 4. The van der Waals surface area contributed by atoms with Crippen LogP contribution < -0.4 is 14.8 Å². The minimum Gasteiger partial charge on any atom is -0.497 e. The zero-order valence-corrected chi connectivity index (χ0v) is 17.4. The highest BCUT2D eigenvalue weighted by molar-refractivity contribution is 6.11. The Morgan fingerprint density at radius 1 is 1.20 bits per heavy atom. The van der Waals surface area contributed by atoms with Crippen LogP contribution in [0.4, 0.5) is 5.69 Å². The van der Waals surface area contributed by atoms with Crippen molar-refractivity contribution in [2.24, 2.45) is 0 Å². The molecule has 0 aliphatic carbocycles. The number of nitriles is 1. The van der Waals surface area contributed by atoms with Crippen LogP contribution in [0.1, 0.15) is 25.3 Å². The van der Waals surface area contributed by atoms with Gasteiger partial charge in [-0.3, -0.25) is 4.79 Å². The van der Waals surface area contributed by atoms with E-state index >= 15 is 0 Å². The van der Waals surface area contributed by atoms with Crippen molar-refractivity contribution in [3.63, 3.8) is 0 Å². The molecule has 0 saturated heterocycles. The first-order chi connectivity index (χ1) is 14.6. The number of carbonyl (C=O) groups is 1. The molecule has 0 unspecified atom stereocenters. The third-order valence-corrected chi connectivity index (χ3v) is 4.89. The monoisotopic (exact) mass is 403 g/mol. The fourth-order valence-electron chi connectivity index (χ4n) is 3.30. The molecule has 0 aliphatic rings. The summed E-state index contributed by atoms with van der Waals surface area (Å²) >= 11 is 0. The SMILES string of the molecule is CCCCn1cc(C=C(C#N)C(=O)Nc2ccc(OC)cc2OC)c2ccccc21. The highest BCUT2D eigenvalue weighted by Crippen LogP contribution is 2.30. The van der Waals surface area contributed by atoms with E-state index in [0.717, 1.165) is 35.9 Å². The number of ether oxygens (including phenoxy) is 2. The van der Waals surface area contributed by atoms with Crippen LogP contribution in [0.25, 0.3) is 17.0 Å². The van der Waals surface area contributed by atoms with E-state index in [-0.39, 0.29) is 5.57 Å². The number of anilines is 1. The van der Waals surface area contributed by atoms with Gasteiger partial charge < -0.3 is 19.4 Å². The number of fused-ring (bicyclic) bond motifs is 1. The number of para-hydroxylation sites is 1. The van der Waals surface area contributed by atoms with Gasteiger partial charge in [0.25, 0.3) is 5.91 Å². The molecule has 0 fully saturated rings. The maximum absolute atomic E-state index is 12.8. The minimum atomic E-state index is -0.494. The Kier molecular flexibility index (Phi) is 6.76. The second-order valence-corrected chi connectivity index (χ2v) is 6.84. The largest absolute Gasteiger partial charge is 0.497 e. The molecule has 6 heteroatoms.